The van der Waals surface area contributed by atoms with E-state index in [0.29, 0.717) is 6.04 Å². The molecular formula is C19H18N3S+. The van der Waals surface area contributed by atoms with Gasteiger partial charge in [-0.15, -0.1) is 11.3 Å². The Kier molecular flexibility index (Phi) is 2.99. The monoisotopic (exact) mass is 320 g/mol. The lowest BCUT2D eigenvalue weighted by Gasteiger charge is -2.43. The van der Waals surface area contributed by atoms with Gasteiger partial charge in [-0.3, -0.25) is 4.98 Å². The van der Waals surface area contributed by atoms with Gasteiger partial charge in [-0.25, -0.2) is 0 Å². The van der Waals surface area contributed by atoms with Gasteiger partial charge in [0.1, 0.15) is 6.04 Å². The fourth-order valence-electron chi connectivity index (χ4n) is 4.06. The number of nitrogens with one attached hydrogen (secondary N) is 2. The molecule has 0 fully saturated rings. The Morgan fingerprint density at radius 1 is 1.09 bits per heavy atom. The van der Waals surface area contributed by atoms with Crippen LogP contribution in [0.15, 0.2) is 60.2 Å². The number of hydrogen-bond acceptors (Lipinski definition) is 3. The number of thiophene rings is 1. The van der Waals surface area contributed by atoms with Crippen molar-refractivity contribution >= 4 is 17.0 Å². The van der Waals surface area contributed by atoms with Gasteiger partial charge >= 0.3 is 0 Å². The summed E-state index contributed by atoms with van der Waals surface area (Å²) < 4.78 is 0. The number of nitrogens with zero attached hydrogens (tertiary/aromatic N) is 1. The van der Waals surface area contributed by atoms with Crippen molar-refractivity contribution in [3.05, 3.63) is 81.8 Å². The van der Waals surface area contributed by atoms with Crippen molar-refractivity contribution in [1.29, 1.82) is 0 Å². The molecule has 5 rings (SSSR count). The van der Waals surface area contributed by atoms with Crippen LogP contribution in [0.1, 0.15) is 33.8 Å². The lowest BCUT2D eigenvalue weighted by Crippen LogP contribution is -3.15. The fraction of sp³-hybridized carbons (Fsp3) is 0.211. The SMILES string of the molecule is c1cncc([C@@H]2Nc3ccccc3[C@H]3c4ccsc4CC[NH+]32)c1. The fourth-order valence-corrected chi connectivity index (χ4v) is 4.98. The number of quaternary nitrogens is 1. The molecule has 0 aliphatic carbocycles. The summed E-state index contributed by atoms with van der Waals surface area (Å²) in [5, 5.41) is 6.01. The van der Waals surface area contributed by atoms with Crippen LogP contribution >= 0.6 is 11.3 Å². The van der Waals surface area contributed by atoms with Crippen LogP contribution in [-0.4, -0.2) is 11.5 Å². The second-order valence-electron chi connectivity index (χ2n) is 6.26. The highest BCUT2D eigenvalue weighted by Crippen LogP contribution is 2.37. The van der Waals surface area contributed by atoms with E-state index < -0.39 is 0 Å². The van der Waals surface area contributed by atoms with Gasteiger partial charge < -0.3 is 10.2 Å². The summed E-state index contributed by atoms with van der Waals surface area (Å²) >= 11 is 1.91. The van der Waals surface area contributed by atoms with Crippen LogP contribution in [0.3, 0.4) is 0 Å². The number of benzene rings is 1. The summed E-state index contributed by atoms with van der Waals surface area (Å²) in [6.07, 6.45) is 5.27. The van der Waals surface area contributed by atoms with Gasteiger partial charge in [-0.05, 0) is 29.6 Å². The highest BCUT2D eigenvalue weighted by molar-refractivity contribution is 7.10. The highest BCUT2D eigenvalue weighted by Gasteiger charge is 2.43. The normalized spacial score (nSPS) is 25.0. The molecule has 0 amide bonds. The van der Waals surface area contributed by atoms with Crippen LogP contribution in [-0.2, 0) is 6.42 Å². The minimum Gasteiger partial charge on any atom is -0.332 e. The number of para-hydroxylation sites is 1. The molecule has 3 nitrogen and oxygen atoms in total. The quantitative estimate of drug-likeness (QED) is 0.722. The van der Waals surface area contributed by atoms with Crippen LogP contribution in [0.25, 0.3) is 0 Å². The van der Waals surface area contributed by atoms with E-state index in [2.05, 4.69) is 52.1 Å². The second-order valence-corrected chi connectivity index (χ2v) is 7.26. The van der Waals surface area contributed by atoms with Gasteiger partial charge in [0.25, 0.3) is 0 Å². The molecule has 2 aliphatic rings. The standard InChI is InChI=1S/C19H17N3S/c1-2-6-16-14(5-1)18-15-8-11-23-17(15)7-10-22(18)19(21-16)13-4-3-9-20-12-13/h1-6,8-9,11-12,18-19,21H,7,10H2/p+1/t18-,19+/m0/s1. The predicted molar refractivity (Wildman–Crippen MR) is 92.7 cm³/mol. The first-order chi connectivity index (χ1) is 11.4. The van der Waals surface area contributed by atoms with E-state index in [1.807, 2.05) is 29.8 Å². The Bertz CT molecular complexity index is 843. The summed E-state index contributed by atoms with van der Waals surface area (Å²) in [7, 11) is 0. The summed E-state index contributed by atoms with van der Waals surface area (Å²) in [6, 6.07) is 15.7. The number of anilines is 1. The maximum Gasteiger partial charge on any atom is 0.189 e. The molecule has 0 saturated heterocycles. The van der Waals surface area contributed by atoms with E-state index in [1.54, 1.807) is 9.78 Å². The van der Waals surface area contributed by atoms with Crippen molar-refractivity contribution in [3.8, 4) is 0 Å². The van der Waals surface area contributed by atoms with Gasteiger partial charge in [-0.2, -0.15) is 0 Å². The van der Waals surface area contributed by atoms with E-state index in [9.17, 15) is 0 Å². The predicted octanol–water partition coefficient (Wildman–Crippen LogP) is 2.80. The maximum atomic E-state index is 4.34. The van der Waals surface area contributed by atoms with Crippen molar-refractivity contribution < 1.29 is 4.90 Å². The molecule has 3 aromatic rings. The molecule has 4 heterocycles. The molecule has 2 N–H and O–H groups in total. The Balaban J connectivity index is 1.69. The first kappa shape index (κ1) is 13.3. The molecule has 0 radical (unpaired) electrons. The Morgan fingerprint density at radius 2 is 2.04 bits per heavy atom. The molecule has 23 heavy (non-hydrogen) atoms. The van der Waals surface area contributed by atoms with Crippen molar-refractivity contribution in [1.82, 2.24) is 4.98 Å². The average molecular weight is 320 g/mol. The number of hydrogen-bond donors (Lipinski definition) is 2. The van der Waals surface area contributed by atoms with Crippen molar-refractivity contribution in [2.75, 3.05) is 11.9 Å². The van der Waals surface area contributed by atoms with Gasteiger partial charge in [0, 0.05) is 46.1 Å². The van der Waals surface area contributed by atoms with Crippen molar-refractivity contribution in [3.63, 3.8) is 0 Å². The highest BCUT2D eigenvalue weighted by atomic mass is 32.1. The van der Waals surface area contributed by atoms with E-state index in [-0.39, 0.29) is 6.17 Å². The number of pyridine rings is 1. The van der Waals surface area contributed by atoms with Gasteiger partial charge in [0.2, 0.25) is 0 Å². The molecule has 1 unspecified atom stereocenters. The summed E-state index contributed by atoms with van der Waals surface area (Å²) in [6.45, 7) is 1.15. The van der Waals surface area contributed by atoms with E-state index in [0.717, 1.165) is 6.54 Å². The van der Waals surface area contributed by atoms with Crippen LogP contribution < -0.4 is 10.2 Å². The first-order valence-corrected chi connectivity index (χ1v) is 8.97. The minimum atomic E-state index is 0.261. The molecular weight excluding hydrogens is 302 g/mol. The molecule has 3 atom stereocenters. The Labute approximate surface area is 139 Å². The number of fused-ring (bicyclic) bond motifs is 5. The van der Waals surface area contributed by atoms with Gasteiger partial charge in [0.05, 0.1) is 6.54 Å². The van der Waals surface area contributed by atoms with E-state index in [1.165, 1.54) is 28.8 Å². The molecule has 0 bridgehead atoms. The van der Waals surface area contributed by atoms with Crippen molar-refractivity contribution in [2.24, 2.45) is 0 Å². The molecule has 4 heteroatoms. The summed E-state index contributed by atoms with van der Waals surface area (Å²) in [4.78, 5) is 7.48. The third-order valence-electron chi connectivity index (χ3n) is 5.06. The smallest absolute Gasteiger partial charge is 0.189 e. The molecule has 0 spiro atoms. The van der Waals surface area contributed by atoms with Crippen LogP contribution in [0.2, 0.25) is 0 Å². The lowest BCUT2D eigenvalue weighted by atomic mass is 9.88. The second kappa shape index (κ2) is 5.18. The zero-order valence-corrected chi connectivity index (χ0v) is 13.5. The van der Waals surface area contributed by atoms with Crippen LogP contribution in [0.4, 0.5) is 5.69 Å². The van der Waals surface area contributed by atoms with Crippen LogP contribution in [0.5, 0.6) is 0 Å². The molecule has 114 valence electrons. The number of aromatic nitrogens is 1. The minimum absolute atomic E-state index is 0.261. The molecule has 2 aromatic heterocycles. The molecule has 2 aliphatic heterocycles. The lowest BCUT2D eigenvalue weighted by molar-refractivity contribution is -0.956. The summed E-state index contributed by atoms with van der Waals surface area (Å²) in [5.41, 5.74) is 5.45. The van der Waals surface area contributed by atoms with Gasteiger partial charge in [-0.1, -0.05) is 18.2 Å². The Morgan fingerprint density at radius 3 is 2.96 bits per heavy atom. The van der Waals surface area contributed by atoms with Crippen LogP contribution in [0, 0.1) is 0 Å². The first-order valence-electron chi connectivity index (χ1n) is 8.09. The largest absolute Gasteiger partial charge is 0.332 e. The molecule has 1 aromatic carbocycles. The Hall–Kier alpha value is -2.17. The third-order valence-corrected chi connectivity index (χ3v) is 6.06. The zero-order valence-electron chi connectivity index (χ0n) is 12.7. The third kappa shape index (κ3) is 2.02. The van der Waals surface area contributed by atoms with E-state index >= 15 is 0 Å². The summed E-state index contributed by atoms with van der Waals surface area (Å²) in [5.74, 6) is 0. The van der Waals surface area contributed by atoms with E-state index in [4.69, 9.17) is 0 Å². The average Bonchev–Trinajstić information content (AvgIpc) is 3.10. The number of rotatable bonds is 1. The van der Waals surface area contributed by atoms with Gasteiger partial charge in [0.15, 0.2) is 6.17 Å². The maximum absolute atomic E-state index is 4.34. The van der Waals surface area contributed by atoms with Crippen molar-refractivity contribution in [2.45, 2.75) is 18.6 Å². The topological polar surface area (TPSA) is 29.4 Å². The zero-order chi connectivity index (χ0) is 15.2. The molecule has 0 saturated carbocycles.